The van der Waals surface area contributed by atoms with E-state index in [1.54, 1.807) is 5.38 Å². The van der Waals surface area contributed by atoms with Crippen LogP contribution in [-0.4, -0.2) is 64.3 Å². The van der Waals surface area contributed by atoms with Crippen molar-refractivity contribution in [1.82, 2.24) is 15.2 Å². The summed E-state index contributed by atoms with van der Waals surface area (Å²) in [5.41, 5.74) is 8.83. The van der Waals surface area contributed by atoms with Gasteiger partial charge in [0, 0.05) is 23.8 Å². The summed E-state index contributed by atoms with van der Waals surface area (Å²) in [6.45, 7) is -0.403. The van der Waals surface area contributed by atoms with Gasteiger partial charge in [0.1, 0.15) is 12.0 Å². The maximum atomic E-state index is 12.8. The Morgan fingerprint density at radius 2 is 2.17 bits per heavy atom. The fourth-order valence-electron chi connectivity index (χ4n) is 3.02. The molecule has 5 N–H and O–H groups in total. The Kier molecular flexibility index (Phi) is 7.76. The van der Waals surface area contributed by atoms with Gasteiger partial charge in [0.15, 0.2) is 5.13 Å². The number of thiazole rings is 1. The van der Waals surface area contributed by atoms with E-state index < -0.39 is 47.3 Å². The number of rotatable bonds is 7. The first kappa shape index (κ1) is 24.4. The first-order valence-corrected chi connectivity index (χ1v) is 9.99. The van der Waals surface area contributed by atoms with Gasteiger partial charge in [0.25, 0.3) is 11.6 Å². The van der Waals surface area contributed by atoms with Crippen LogP contribution in [0, 0.1) is 0 Å². The second-order valence-electron chi connectivity index (χ2n) is 6.03. The number of nitrogens with zero attached hydrogens (tertiary/aromatic N) is 2. The molecule has 2 atom stereocenters. The zero-order chi connectivity index (χ0) is 21.3. The molecule has 0 aliphatic carbocycles. The number of carboxylic acid groups (broad SMARTS) is 1. The van der Waals surface area contributed by atoms with Crippen molar-refractivity contribution in [2.75, 3.05) is 25.2 Å². The van der Waals surface area contributed by atoms with E-state index in [0.717, 1.165) is 16.7 Å². The molecule has 15 heteroatoms. The molecule has 0 spiro atoms. The molecule has 2 aliphatic rings. The van der Waals surface area contributed by atoms with Crippen molar-refractivity contribution in [3.63, 3.8) is 0 Å². The first-order chi connectivity index (χ1) is 13.7. The number of nitrogen functional groups attached to an aromatic ring is 1. The van der Waals surface area contributed by atoms with Crippen LogP contribution in [-0.2, 0) is 30.3 Å². The number of carbonyl (C=O) groups is 4. The molecule has 3 heterocycles. The van der Waals surface area contributed by atoms with Crippen LogP contribution in [0.25, 0.3) is 0 Å². The minimum Gasteiger partial charge on any atom is -0.543 e. The largest absolute Gasteiger partial charge is 1.00 e. The fraction of sp³-hybridized carbons (Fsp3) is 0.400. The smallest absolute Gasteiger partial charge is 0.543 e. The summed E-state index contributed by atoms with van der Waals surface area (Å²) in [6.07, 6.45) is -1.22. The maximum absolute atomic E-state index is 12.8. The predicted octanol–water partition coefficient (Wildman–Crippen LogP) is -5.25. The Morgan fingerprint density at radius 3 is 2.70 bits per heavy atom. The number of hydrogen-bond acceptors (Lipinski definition) is 11. The Bertz CT molecular complexity index is 923. The monoisotopic (exact) mass is 465 g/mol. The average molecular weight is 465 g/mol. The predicted molar refractivity (Wildman–Crippen MR) is 98.8 cm³/mol. The molecule has 0 saturated carbocycles. The Hall–Kier alpha value is -1.84. The van der Waals surface area contributed by atoms with Crippen molar-refractivity contribution in [2.24, 2.45) is 5.73 Å². The number of ether oxygens (including phenoxy) is 2. The van der Waals surface area contributed by atoms with Crippen molar-refractivity contribution >= 4 is 52.1 Å². The molecule has 3 rings (SSSR count). The Labute approximate surface area is 200 Å². The van der Waals surface area contributed by atoms with Crippen LogP contribution in [0.1, 0.15) is 5.69 Å². The van der Waals surface area contributed by atoms with Crippen LogP contribution in [0.3, 0.4) is 0 Å². The van der Waals surface area contributed by atoms with Gasteiger partial charge in [-0.05, 0) is 0 Å². The molecule has 1 fully saturated rings. The molecule has 12 nitrogen and oxygen atoms in total. The number of hydrogen-bond donors (Lipinski definition) is 3. The molecule has 0 aromatic carbocycles. The number of carbonyl (C=O) groups excluding carboxylic acids is 4. The van der Waals surface area contributed by atoms with Gasteiger partial charge in [-0.25, -0.2) is 9.78 Å². The number of primary amides is 1. The third-order valence-electron chi connectivity index (χ3n) is 4.25. The second kappa shape index (κ2) is 9.53. The number of nitrogens with one attached hydrogen (secondary N) is 1. The van der Waals surface area contributed by atoms with E-state index in [0.29, 0.717) is 10.8 Å². The molecular weight excluding hydrogens is 449 g/mol. The molecule has 3 amide bonds. The standard InChI is InChI=1S/C15H17N5O7S2.Na/c1-26-15(19-8(21)2-7-5-29-13(16)18-7)11(24)20-9(10(22)23)6(3-27-14(17)25)4-28-12(15)20;/h5,12H,2-4H2,1H3,(H2,16,18)(H2,17,25)(H,19,21)(H,22,23);/q;+1/p-1/t12-,15-;/m0./s1. The van der Waals surface area contributed by atoms with Gasteiger partial charge in [-0.3, -0.25) is 14.5 Å². The zero-order valence-corrected chi connectivity index (χ0v) is 19.6. The van der Waals surface area contributed by atoms with Gasteiger partial charge in [-0.15, -0.1) is 23.1 Å². The molecule has 1 saturated heterocycles. The second-order valence-corrected chi connectivity index (χ2v) is 7.99. The number of methoxy groups -OCH3 is 1. The van der Waals surface area contributed by atoms with Crippen molar-refractivity contribution in [3.8, 4) is 0 Å². The van der Waals surface area contributed by atoms with Crippen molar-refractivity contribution in [2.45, 2.75) is 17.5 Å². The normalized spacial score (nSPS) is 22.5. The van der Waals surface area contributed by atoms with E-state index in [2.05, 4.69) is 15.0 Å². The SMILES string of the molecule is CO[C@@]1(NC(=O)Cc2csc(N)n2)C(=O)N2C(C(=O)[O-])=C(COC(N)=O)CS[C@H]21.[Na+]. The van der Waals surface area contributed by atoms with Crippen LogP contribution in [0.15, 0.2) is 16.7 Å². The number of aliphatic carboxylic acids is 1. The number of fused-ring (bicyclic) bond motifs is 1. The summed E-state index contributed by atoms with van der Waals surface area (Å²) in [5, 5.41) is 15.2. The van der Waals surface area contributed by atoms with E-state index >= 15 is 0 Å². The minimum absolute atomic E-state index is 0. The molecule has 156 valence electrons. The molecule has 1 aromatic heterocycles. The minimum atomic E-state index is -1.75. The van der Waals surface area contributed by atoms with Crippen LogP contribution in [0.5, 0.6) is 0 Å². The van der Waals surface area contributed by atoms with Crippen LogP contribution in [0.2, 0.25) is 0 Å². The van der Waals surface area contributed by atoms with Gasteiger partial charge < -0.3 is 36.2 Å². The van der Waals surface area contributed by atoms with Crippen molar-refractivity contribution in [1.29, 1.82) is 0 Å². The van der Waals surface area contributed by atoms with E-state index in [1.807, 2.05) is 0 Å². The summed E-state index contributed by atoms with van der Waals surface area (Å²) in [6, 6.07) is 0. The number of β-lactam (4-membered cyclic amide) rings is 1. The van der Waals surface area contributed by atoms with Gasteiger partial charge in [-0.2, -0.15) is 0 Å². The number of amides is 3. The van der Waals surface area contributed by atoms with Gasteiger partial charge in [-0.1, -0.05) is 0 Å². The summed E-state index contributed by atoms with van der Waals surface area (Å²) in [7, 11) is 1.23. The molecule has 0 unspecified atom stereocenters. The molecular formula is C15H16N5NaO7S2. The average Bonchev–Trinajstić information content (AvgIpc) is 3.07. The van der Waals surface area contributed by atoms with Gasteiger partial charge >= 0.3 is 35.7 Å². The fourth-order valence-corrected chi connectivity index (χ4v) is 5.00. The number of aromatic nitrogens is 1. The van der Waals surface area contributed by atoms with Crippen LogP contribution in [0.4, 0.5) is 9.93 Å². The van der Waals surface area contributed by atoms with E-state index in [1.165, 1.54) is 18.4 Å². The molecule has 0 radical (unpaired) electrons. The van der Waals surface area contributed by atoms with Gasteiger partial charge in [0.2, 0.25) is 5.91 Å². The number of anilines is 1. The summed E-state index contributed by atoms with van der Waals surface area (Å²) in [4.78, 5) is 52.6. The number of nitrogens with two attached hydrogens (primary N) is 2. The third-order valence-corrected chi connectivity index (χ3v) is 6.35. The third kappa shape index (κ3) is 4.43. The molecule has 2 aliphatic heterocycles. The number of carboxylic acids is 1. The van der Waals surface area contributed by atoms with Crippen molar-refractivity contribution in [3.05, 3.63) is 22.3 Å². The Morgan fingerprint density at radius 1 is 1.47 bits per heavy atom. The van der Waals surface area contributed by atoms with Gasteiger partial charge in [0.05, 0.1) is 23.8 Å². The van der Waals surface area contributed by atoms with Crippen LogP contribution < -0.4 is 51.4 Å². The van der Waals surface area contributed by atoms with E-state index in [4.69, 9.17) is 16.2 Å². The molecule has 1 aromatic rings. The first-order valence-electron chi connectivity index (χ1n) is 8.06. The van der Waals surface area contributed by atoms with E-state index in [-0.39, 0.29) is 47.3 Å². The molecule has 30 heavy (non-hydrogen) atoms. The number of thioether (sulfide) groups is 1. The van der Waals surface area contributed by atoms with Crippen molar-refractivity contribution < 1.29 is 63.3 Å². The Balaban J connectivity index is 0.00000320. The maximum Gasteiger partial charge on any atom is 1.00 e. The summed E-state index contributed by atoms with van der Waals surface area (Å²) >= 11 is 2.30. The quantitative estimate of drug-likeness (QED) is 0.199. The summed E-state index contributed by atoms with van der Waals surface area (Å²) in [5.74, 6) is -2.87. The summed E-state index contributed by atoms with van der Waals surface area (Å²) < 4.78 is 9.94. The topological polar surface area (TPSA) is 190 Å². The van der Waals surface area contributed by atoms with E-state index in [9.17, 15) is 24.3 Å². The van der Waals surface area contributed by atoms with Crippen LogP contribution >= 0.6 is 23.1 Å². The zero-order valence-electron chi connectivity index (χ0n) is 16.0. The molecule has 0 bridgehead atoms.